The smallest absolute Gasteiger partial charge is 0.337 e. The van der Waals surface area contributed by atoms with Gasteiger partial charge >= 0.3 is 5.97 Å². The predicted octanol–water partition coefficient (Wildman–Crippen LogP) is 9.18. The Hall–Kier alpha value is -3.60. The average Bonchev–Trinajstić information content (AvgIpc) is 2.97. The number of nitrogens with zero attached hydrogens (tertiary/aromatic N) is 1. The lowest BCUT2D eigenvalue weighted by Crippen LogP contribution is -2.34. The van der Waals surface area contributed by atoms with Crippen LogP contribution in [0.3, 0.4) is 0 Å². The molecule has 0 bridgehead atoms. The van der Waals surface area contributed by atoms with Crippen LogP contribution in [0.15, 0.2) is 66.7 Å². The molecule has 0 heterocycles. The number of rotatable bonds is 11. The highest BCUT2D eigenvalue weighted by Crippen LogP contribution is 2.47. The highest BCUT2D eigenvalue weighted by atomic mass is 16.5. The minimum Gasteiger partial charge on any atom is -0.465 e. The standard InChI is InChI=1S/C36H46N2O3/c1-7-8-9-10-13-24-38(28-20-21-29-30(25-28)36(4,5)23-22-35(29,2)3)32-15-12-11-14-31(32)37-33(39)26-16-18-27(19-17-26)34(40)41-6/h11-12,14-21,25H,7-10,13,22-24H2,1-6H3,(H,37,39). The molecule has 41 heavy (non-hydrogen) atoms. The van der Waals surface area contributed by atoms with Crippen molar-refractivity contribution in [2.75, 3.05) is 23.9 Å². The molecule has 0 aromatic heterocycles. The van der Waals surface area contributed by atoms with E-state index in [1.165, 1.54) is 50.3 Å². The summed E-state index contributed by atoms with van der Waals surface area (Å²) in [4.78, 5) is 27.5. The Bertz CT molecular complexity index is 1360. The second-order valence-electron chi connectivity index (χ2n) is 12.6. The quantitative estimate of drug-likeness (QED) is 0.190. The Morgan fingerprint density at radius 2 is 1.44 bits per heavy atom. The summed E-state index contributed by atoms with van der Waals surface area (Å²) in [6.07, 6.45) is 8.30. The summed E-state index contributed by atoms with van der Waals surface area (Å²) in [6, 6.07) is 21.6. The van der Waals surface area contributed by atoms with Gasteiger partial charge in [0.1, 0.15) is 0 Å². The van der Waals surface area contributed by atoms with Gasteiger partial charge in [0.25, 0.3) is 5.91 Å². The summed E-state index contributed by atoms with van der Waals surface area (Å²) in [6.45, 7) is 12.5. The molecule has 5 heteroatoms. The average molecular weight is 555 g/mol. The number of nitrogens with one attached hydrogen (secondary N) is 1. The van der Waals surface area contributed by atoms with E-state index in [0.29, 0.717) is 11.1 Å². The van der Waals surface area contributed by atoms with Crippen molar-refractivity contribution in [3.8, 4) is 0 Å². The van der Waals surface area contributed by atoms with Gasteiger partial charge in [-0.3, -0.25) is 4.79 Å². The van der Waals surface area contributed by atoms with E-state index < -0.39 is 5.97 Å². The minimum absolute atomic E-state index is 0.109. The molecule has 0 saturated carbocycles. The molecule has 0 atom stereocenters. The van der Waals surface area contributed by atoms with Crippen molar-refractivity contribution in [2.45, 2.75) is 90.4 Å². The fourth-order valence-corrected chi connectivity index (χ4v) is 5.89. The number of para-hydroxylation sites is 2. The zero-order valence-corrected chi connectivity index (χ0v) is 25.7. The summed E-state index contributed by atoms with van der Waals surface area (Å²) in [5.74, 6) is -0.640. The first-order valence-corrected chi connectivity index (χ1v) is 15.1. The number of carbonyl (C=O) groups is 2. The lowest BCUT2D eigenvalue weighted by atomic mass is 9.63. The fourth-order valence-electron chi connectivity index (χ4n) is 5.89. The number of carbonyl (C=O) groups excluding carboxylic acids is 2. The lowest BCUT2D eigenvalue weighted by molar-refractivity contribution is 0.0600. The number of methoxy groups -OCH3 is 1. The third-order valence-electron chi connectivity index (χ3n) is 8.64. The molecule has 3 aromatic carbocycles. The molecule has 0 saturated heterocycles. The van der Waals surface area contributed by atoms with Gasteiger partial charge in [0.2, 0.25) is 0 Å². The van der Waals surface area contributed by atoms with Crippen LogP contribution in [-0.2, 0) is 15.6 Å². The monoisotopic (exact) mass is 554 g/mol. The van der Waals surface area contributed by atoms with E-state index in [9.17, 15) is 9.59 Å². The van der Waals surface area contributed by atoms with Gasteiger partial charge in [-0.25, -0.2) is 4.79 Å². The van der Waals surface area contributed by atoms with Crippen molar-refractivity contribution in [3.63, 3.8) is 0 Å². The maximum absolute atomic E-state index is 13.3. The molecule has 1 N–H and O–H groups in total. The molecule has 3 aromatic rings. The van der Waals surface area contributed by atoms with Crippen molar-refractivity contribution in [1.29, 1.82) is 0 Å². The molecular weight excluding hydrogens is 508 g/mol. The van der Waals surface area contributed by atoms with Crippen LogP contribution in [0.1, 0.15) is 111 Å². The third kappa shape index (κ3) is 7.01. The number of unbranched alkanes of at least 4 members (excludes halogenated alkanes) is 4. The van der Waals surface area contributed by atoms with Crippen molar-refractivity contribution < 1.29 is 14.3 Å². The molecule has 0 spiro atoms. The Morgan fingerprint density at radius 1 is 0.805 bits per heavy atom. The van der Waals surface area contributed by atoms with Gasteiger partial charge in [-0.15, -0.1) is 0 Å². The topological polar surface area (TPSA) is 58.6 Å². The van der Waals surface area contributed by atoms with Gasteiger partial charge in [0, 0.05) is 17.8 Å². The van der Waals surface area contributed by atoms with Crippen LogP contribution in [0.25, 0.3) is 0 Å². The number of benzene rings is 3. The van der Waals surface area contributed by atoms with Crippen LogP contribution in [-0.4, -0.2) is 25.5 Å². The SMILES string of the molecule is CCCCCCCN(c1ccc2c(c1)C(C)(C)CCC2(C)C)c1ccccc1NC(=O)c1ccc(C(=O)OC)cc1. The Kier molecular flexibility index (Phi) is 9.57. The van der Waals surface area contributed by atoms with Crippen LogP contribution in [0.4, 0.5) is 17.1 Å². The van der Waals surface area contributed by atoms with E-state index in [0.717, 1.165) is 36.4 Å². The highest BCUT2D eigenvalue weighted by Gasteiger charge is 2.37. The fraction of sp³-hybridized carbons (Fsp3) is 0.444. The zero-order valence-electron chi connectivity index (χ0n) is 25.7. The first-order valence-electron chi connectivity index (χ1n) is 15.1. The molecule has 0 unspecified atom stereocenters. The Balaban J connectivity index is 1.68. The second kappa shape index (κ2) is 12.9. The number of fused-ring (bicyclic) bond motifs is 1. The van der Waals surface area contributed by atoms with Crippen LogP contribution >= 0.6 is 0 Å². The molecule has 0 radical (unpaired) electrons. The number of esters is 1. The van der Waals surface area contributed by atoms with E-state index in [-0.39, 0.29) is 16.7 Å². The molecule has 1 aliphatic rings. The Morgan fingerprint density at radius 3 is 2.12 bits per heavy atom. The minimum atomic E-state index is -0.423. The van der Waals surface area contributed by atoms with E-state index in [4.69, 9.17) is 4.74 Å². The first-order chi connectivity index (χ1) is 19.6. The van der Waals surface area contributed by atoms with E-state index in [1.54, 1.807) is 24.3 Å². The van der Waals surface area contributed by atoms with Crippen LogP contribution in [0, 0.1) is 0 Å². The van der Waals surface area contributed by atoms with Crippen molar-refractivity contribution in [3.05, 3.63) is 89.0 Å². The van der Waals surface area contributed by atoms with Gasteiger partial charge in [-0.2, -0.15) is 0 Å². The van der Waals surface area contributed by atoms with Crippen LogP contribution < -0.4 is 10.2 Å². The van der Waals surface area contributed by atoms with Crippen molar-refractivity contribution >= 4 is 28.9 Å². The predicted molar refractivity (Wildman–Crippen MR) is 170 cm³/mol. The summed E-state index contributed by atoms with van der Waals surface area (Å²) >= 11 is 0. The molecule has 0 aliphatic heterocycles. The molecule has 0 fully saturated rings. The maximum atomic E-state index is 13.3. The summed E-state index contributed by atoms with van der Waals surface area (Å²) in [5, 5.41) is 3.15. The largest absolute Gasteiger partial charge is 0.465 e. The van der Waals surface area contributed by atoms with E-state index in [1.807, 2.05) is 18.2 Å². The number of amides is 1. The second-order valence-corrected chi connectivity index (χ2v) is 12.6. The van der Waals surface area contributed by atoms with E-state index >= 15 is 0 Å². The van der Waals surface area contributed by atoms with Crippen LogP contribution in [0.2, 0.25) is 0 Å². The van der Waals surface area contributed by atoms with Gasteiger partial charge < -0.3 is 15.0 Å². The maximum Gasteiger partial charge on any atom is 0.337 e. The molecule has 1 amide bonds. The van der Waals surface area contributed by atoms with Gasteiger partial charge in [-0.05, 0) is 89.8 Å². The van der Waals surface area contributed by atoms with Crippen molar-refractivity contribution in [2.24, 2.45) is 0 Å². The zero-order chi connectivity index (χ0) is 29.6. The van der Waals surface area contributed by atoms with Crippen molar-refractivity contribution in [1.82, 2.24) is 0 Å². The lowest BCUT2D eigenvalue weighted by Gasteiger charge is -2.42. The number of hydrogen-bond acceptors (Lipinski definition) is 4. The molecule has 1 aliphatic carbocycles. The normalized spacial score (nSPS) is 15.1. The molecular formula is C36H46N2O3. The molecule has 4 rings (SSSR count). The first kappa shape index (κ1) is 30.4. The summed E-state index contributed by atoms with van der Waals surface area (Å²) < 4.78 is 4.78. The number of hydrogen-bond donors (Lipinski definition) is 1. The van der Waals surface area contributed by atoms with Gasteiger partial charge in [0.15, 0.2) is 0 Å². The number of ether oxygens (including phenoxy) is 1. The molecule has 218 valence electrons. The van der Waals surface area contributed by atoms with Gasteiger partial charge in [-0.1, -0.05) is 78.5 Å². The highest BCUT2D eigenvalue weighted by molar-refractivity contribution is 6.06. The molecule has 5 nitrogen and oxygen atoms in total. The summed E-state index contributed by atoms with van der Waals surface area (Å²) in [5.41, 5.74) is 6.94. The Labute approximate surface area is 246 Å². The van der Waals surface area contributed by atoms with Crippen LogP contribution in [0.5, 0.6) is 0 Å². The third-order valence-corrected chi connectivity index (χ3v) is 8.64. The summed E-state index contributed by atoms with van der Waals surface area (Å²) in [7, 11) is 1.35. The van der Waals surface area contributed by atoms with E-state index in [2.05, 4.69) is 69.1 Å². The number of anilines is 3. The van der Waals surface area contributed by atoms with Gasteiger partial charge in [0.05, 0.1) is 24.0 Å².